The highest BCUT2D eigenvalue weighted by molar-refractivity contribution is 6.30. The van der Waals surface area contributed by atoms with Crippen molar-refractivity contribution < 1.29 is 9.53 Å². The largest absolute Gasteiger partial charge is 0.484 e. The molecule has 0 radical (unpaired) electrons. The van der Waals surface area contributed by atoms with E-state index in [-0.39, 0.29) is 18.1 Å². The van der Waals surface area contributed by atoms with Crippen molar-refractivity contribution in [3.63, 3.8) is 0 Å². The molecule has 3 aromatic rings. The van der Waals surface area contributed by atoms with Gasteiger partial charge in [0, 0.05) is 30.0 Å². The average molecular weight is 422 g/mol. The molecule has 30 heavy (non-hydrogen) atoms. The lowest BCUT2D eigenvalue weighted by atomic mass is 9.82. The fourth-order valence-electron chi connectivity index (χ4n) is 4.57. The second-order valence-electron chi connectivity index (χ2n) is 8.12. The second kappa shape index (κ2) is 7.40. The zero-order chi connectivity index (χ0) is 20.7. The van der Waals surface area contributed by atoms with Gasteiger partial charge < -0.3 is 19.5 Å². The van der Waals surface area contributed by atoms with E-state index in [4.69, 9.17) is 16.3 Å². The fourth-order valence-corrected chi connectivity index (χ4v) is 4.74. The lowest BCUT2D eigenvalue weighted by Crippen LogP contribution is -2.51. The van der Waals surface area contributed by atoms with Crippen LogP contribution in [-0.2, 0) is 10.3 Å². The monoisotopic (exact) mass is 421 g/mol. The van der Waals surface area contributed by atoms with Gasteiger partial charge in [-0.15, -0.1) is 0 Å². The van der Waals surface area contributed by atoms with Gasteiger partial charge in [-0.2, -0.15) is 0 Å². The van der Waals surface area contributed by atoms with E-state index in [9.17, 15) is 4.79 Å². The van der Waals surface area contributed by atoms with Crippen LogP contribution < -0.4 is 10.1 Å². The van der Waals surface area contributed by atoms with Crippen LogP contribution in [-0.4, -0.2) is 35.1 Å². The van der Waals surface area contributed by atoms with E-state index in [2.05, 4.69) is 28.2 Å². The van der Waals surface area contributed by atoms with Crippen molar-refractivity contribution in [1.29, 1.82) is 0 Å². The number of nitrogens with one attached hydrogen (secondary N) is 1. The van der Waals surface area contributed by atoms with Gasteiger partial charge in [0.2, 0.25) is 0 Å². The van der Waals surface area contributed by atoms with Gasteiger partial charge in [0.05, 0.1) is 16.9 Å². The van der Waals surface area contributed by atoms with Crippen LogP contribution >= 0.6 is 11.6 Å². The molecule has 0 bridgehead atoms. The predicted molar refractivity (Wildman–Crippen MR) is 119 cm³/mol. The summed E-state index contributed by atoms with van der Waals surface area (Å²) < 4.78 is 7.94. The molecule has 2 aliphatic heterocycles. The predicted octanol–water partition coefficient (Wildman–Crippen LogP) is 4.76. The van der Waals surface area contributed by atoms with Gasteiger partial charge in [-0.1, -0.05) is 23.7 Å². The van der Waals surface area contributed by atoms with E-state index < -0.39 is 0 Å². The number of hydrogen-bond acceptors (Lipinski definition) is 3. The minimum absolute atomic E-state index is 0.0322. The van der Waals surface area contributed by atoms with Crippen molar-refractivity contribution in [1.82, 2.24) is 9.47 Å². The average Bonchev–Trinajstić information content (AvgIpc) is 3.25. The zero-order valence-electron chi connectivity index (χ0n) is 16.9. The number of carbonyl (C=O) groups is 1. The third-order valence-corrected chi connectivity index (χ3v) is 6.39. The van der Waals surface area contributed by atoms with Crippen LogP contribution in [0.1, 0.15) is 24.1 Å². The summed E-state index contributed by atoms with van der Waals surface area (Å²) in [5.74, 6) is 0.767. The lowest BCUT2D eigenvalue weighted by molar-refractivity contribution is -0.134. The Kier molecular flexibility index (Phi) is 4.70. The standard InChI is InChI=1S/C24H24ClN3O2/c1-17-4-2-5-19(14-17)30-16-23(29)27-12-9-24(10-13-27)22-6-3-11-28(22)21-15-18(25)7-8-20(21)26-24/h2-8,11,14-15,26H,9-10,12-13,16H2,1H3. The number of carbonyl (C=O) groups excluding carboxylic acids is 1. The molecule has 1 aromatic heterocycles. The van der Waals surface area contributed by atoms with Crippen LogP contribution in [0.25, 0.3) is 5.69 Å². The summed E-state index contributed by atoms with van der Waals surface area (Å²) in [7, 11) is 0. The summed E-state index contributed by atoms with van der Waals surface area (Å²) >= 11 is 6.23. The minimum Gasteiger partial charge on any atom is -0.484 e. The van der Waals surface area contributed by atoms with Crippen LogP contribution in [0.3, 0.4) is 0 Å². The molecule has 2 aliphatic rings. The molecule has 3 heterocycles. The lowest BCUT2D eigenvalue weighted by Gasteiger charge is -2.46. The number of aryl methyl sites for hydroxylation is 1. The zero-order valence-corrected chi connectivity index (χ0v) is 17.7. The van der Waals surface area contributed by atoms with Crippen LogP contribution in [0.2, 0.25) is 5.02 Å². The Morgan fingerprint density at radius 3 is 2.77 bits per heavy atom. The van der Waals surface area contributed by atoms with Gasteiger partial charge in [0.15, 0.2) is 6.61 Å². The first-order chi connectivity index (χ1) is 14.5. The highest BCUT2D eigenvalue weighted by Gasteiger charge is 2.42. The summed E-state index contributed by atoms with van der Waals surface area (Å²) in [6, 6.07) is 18.0. The normalized spacial score (nSPS) is 16.5. The van der Waals surface area contributed by atoms with Crippen LogP contribution in [0.4, 0.5) is 5.69 Å². The SMILES string of the molecule is Cc1cccc(OCC(=O)N2CCC3(CC2)Nc2ccc(Cl)cc2-n2cccc23)c1. The molecule has 2 aromatic carbocycles. The summed E-state index contributed by atoms with van der Waals surface area (Å²) in [6.07, 6.45) is 3.77. The number of amides is 1. The van der Waals surface area contributed by atoms with E-state index in [1.807, 2.05) is 54.3 Å². The number of hydrogen-bond donors (Lipinski definition) is 1. The maximum Gasteiger partial charge on any atom is 0.260 e. The number of piperidine rings is 1. The van der Waals surface area contributed by atoms with Gasteiger partial charge >= 0.3 is 0 Å². The van der Waals surface area contributed by atoms with Gasteiger partial charge in [-0.3, -0.25) is 4.79 Å². The van der Waals surface area contributed by atoms with Crippen molar-refractivity contribution in [2.75, 3.05) is 25.0 Å². The molecular formula is C24H24ClN3O2. The Morgan fingerprint density at radius 1 is 1.13 bits per heavy atom. The first kappa shape index (κ1) is 19.1. The Bertz CT molecular complexity index is 1100. The van der Waals surface area contributed by atoms with E-state index in [0.29, 0.717) is 13.1 Å². The number of halogens is 1. The smallest absolute Gasteiger partial charge is 0.260 e. The molecule has 1 spiro atoms. The van der Waals surface area contributed by atoms with E-state index in [1.165, 1.54) is 5.69 Å². The van der Waals surface area contributed by atoms with Gasteiger partial charge in [-0.05, 0) is 67.8 Å². The Hall–Kier alpha value is -2.92. The maximum atomic E-state index is 12.7. The third-order valence-electron chi connectivity index (χ3n) is 6.15. The van der Waals surface area contributed by atoms with Crippen molar-refractivity contribution in [3.05, 3.63) is 77.1 Å². The number of ether oxygens (including phenoxy) is 1. The molecule has 5 rings (SSSR count). The van der Waals surface area contributed by atoms with Gasteiger partial charge in [0.1, 0.15) is 5.75 Å². The summed E-state index contributed by atoms with van der Waals surface area (Å²) in [6.45, 7) is 3.47. The third kappa shape index (κ3) is 3.33. The number of fused-ring (bicyclic) bond motifs is 4. The number of likely N-dealkylation sites (tertiary alicyclic amines) is 1. The van der Waals surface area contributed by atoms with E-state index >= 15 is 0 Å². The molecule has 6 heteroatoms. The number of benzene rings is 2. The number of rotatable bonds is 3. The molecule has 1 N–H and O–H groups in total. The van der Waals surface area contributed by atoms with Crippen LogP contribution in [0.15, 0.2) is 60.8 Å². The van der Waals surface area contributed by atoms with Gasteiger partial charge in [0.25, 0.3) is 5.91 Å². The van der Waals surface area contributed by atoms with Crippen LogP contribution in [0.5, 0.6) is 5.75 Å². The molecule has 0 aliphatic carbocycles. The van der Waals surface area contributed by atoms with Crippen molar-refractivity contribution >= 4 is 23.2 Å². The number of anilines is 1. The van der Waals surface area contributed by atoms with E-state index in [1.54, 1.807) is 0 Å². The highest BCUT2D eigenvalue weighted by atomic mass is 35.5. The molecule has 5 nitrogen and oxygen atoms in total. The summed E-state index contributed by atoms with van der Waals surface area (Å²) in [5.41, 5.74) is 4.30. The number of aromatic nitrogens is 1. The van der Waals surface area contributed by atoms with Crippen molar-refractivity contribution in [3.8, 4) is 11.4 Å². The first-order valence-electron chi connectivity index (χ1n) is 10.3. The van der Waals surface area contributed by atoms with E-state index in [0.717, 1.165) is 40.6 Å². The number of nitrogens with zero attached hydrogens (tertiary/aromatic N) is 2. The second-order valence-corrected chi connectivity index (χ2v) is 8.55. The fraction of sp³-hybridized carbons (Fsp3) is 0.292. The molecule has 154 valence electrons. The molecule has 1 fully saturated rings. The molecule has 0 atom stereocenters. The maximum absolute atomic E-state index is 12.7. The summed E-state index contributed by atoms with van der Waals surface area (Å²) in [5, 5.41) is 4.48. The summed E-state index contributed by atoms with van der Waals surface area (Å²) in [4.78, 5) is 14.6. The Morgan fingerprint density at radius 2 is 1.97 bits per heavy atom. The van der Waals surface area contributed by atoms with Crippen molar-refractivity contribution in [2.24, 2.45) is 0 Å². The molecule has 1 saturated heterocycles. The first-order valence-corrected chi connectivity index (χ1v) is 10.7. The Labute approximate surface area is 181 Å². The molecule has 0 saturated carbocycles. The molecule has 0 unspecified atom stereocenters. The molecular weight excluding hydrogens is 398 g/mol. The molecule has 1 amide bonds. The highest BCUT2D eigenvalue weighted by Crippen LogP contribution is 2.44. The van der Waals surface area contributed by atoms with Crippen molar-refractivity contribution in [2.45, 2.75) is 25.3 Å². The topological polar surface area (TPSA) is 46.5 Å². The van der Waals surface area contributed by atoms with Crippen LogP contribution in [0, 0.1) is 6.92 Å². The Balaban J connectivity index is 1.29. The van der Waals surface area contributed by atoms with Gasteiger partial charge in [-0.25, -0.2) is 0 Å². The quantitative estimate of drug-likeness (QED) is 0.663. The minimum atomic E-state index is -0.182.